The zero-order chi connectivity index (χ0) is 16.2. The summed E-state index contributed by atoms with van der Waals surface area (Å²) in [6.45, 7) is 1.91. The summed E-state index contributed by atoms with van der Waals surface area (Å²) in [6, 6.07) is 6.74. The van der Waals surface area contributed by atoms with Gasteiger partial charge in [-0.3, -0.25) is 0 Å². The van der Waals surface area contributed by atoms with Crippen LogP contribution in [0.1, 0.15) is 5.56 Å². The number of methoxy groups -OCH3 is 1. The van der Waals surface area contributed by atoms with Gasteiger partial charge < -0.3 is 21.9 Å². The average Bonchev–Trinajstić information content (AvgIpc) is 2.45. The minimum atomic E-state index is 0.309. The van der Waals surface area contributed by atoms with Crippen LogP contribution in [0.2, 0.25) is 15.1 Å². The number of ether oxygens (including phenoxy) is 1. The maximum atomic E-state index is 5.64. The number of nitrogens with two attached hydrogens (primary N) is 3. The van der Waals surface area contributed by atoms with Crippen molar-refractivity contribution in [2.75, 3.05) is 24.3 Å². The summed E-state index contributed by atoms with van der Waals surface area (Å²) in [6.07, 6.45) is 0. The Morgan fingerprint density at radius 2 is 1.48 bits per heavy atom. The fraction of sp³-hybridized carbons (Fsp3) is 0.143. The molecule has 0 fully saturated rings. The highest BCUT2D eigenvalue weighted by molar-refractivity contribution is 6.49. The molecule has 0 amide bonds. The summed E-state index contributed by atoms with van der Waals surface area (Å²) in [5, 5.41) is 1.04. The van der Waals surface area contributed by atoms with E-state index in [1.807, 2.05) is 6.92 Å². The SMILES string of the molecule is COc1cc(N)c(C)cc1N.Nc1ccc(Cl)c(Cl)c1Cl. The minimum absolute atomic E-state index is 0.309. The highest BCUT2D eigenvalue weighted by atomic mass is 35.5. The molecule has 0 aromatic heterocycles. The van der Waals surface area contributed by atoms with E-state index in [2.05, 4.69) is 0 Å². The topological polar surface area (TPSA) is 87.3 Å². The first-order valence-electron chi connectivity index (χ1n) is 5.86. The van der Waals surface area contributed by atoms with Gasteiger partial charge in [0.25, 0.3) is 0 Å². The summed E-state index contributed by atoms with van der Waals surface area (Å²) in [4.78, 5) is 0. The van der Waals surface area contributed by atoms with E-state index in [0.717, 1.165) is 5.56 Å². The molecule has 0 atom stereocenters. The zero-order valence-corrected chi connectivity index (χ0v) is 13.9. The maximum Gasteiger partial charge on any atom is 0.143 e. The molecule has 0 unspecified atom stereocenters. The smallest absolute Gasteiger partial charge is 0.143 e. The van der Waals surface area contributed by atoms with E-state index in [4.69, 9.17) is 56.7 Å². The summed E-state index contributed by atoms with van der Waals surface area (Å²) >= 11 is 16.9. The van der Waals surface area contributed by atoms with Crippen LogP contribution >= 0.6 is 34.8 Å². The fourth-order valence-corrected chi connectivity index (χ4v) is 1.99. The van der Waals surface area contributed by atoms with E-state index < -0.39 is 0 Å². The second-order valence-electron chi connectivity index (χ2n) is 4.22. The van der Waals surface area contributed by atoms with Crippen LogP contribution in [0.25, 0.3) is 0 Å². The molecule has 2 aromatic carbocycles. The zero-order valence-electron chi connectivity index (χ0n) is 11.6. The normalized spacial score (nSPS) is 9.76. The molecule has 0 aliphatic heterocycles. The predicted octanol–water partition coefficient (Wildman–Crippen LogP) is 4.40. The number of nitrogen functional groups attached to an aromatic ring is 3. The molecule has 7 heteroatoms. The van der Waals surface area contributed by atoms with Gasteiger partial charge in [0.05, 0.1) is 33.6 Å². The van der Waals surface area contributed by atoms with Crippen LogP contribution in [0.15, 0.2) is 24.3 Å². The Bertz CT molecular complexity index is 621. The van der Waals surface area contributed by atoms with Crippen LogP contribution in [-0.2, 0) is 0 Å². The lowest BCUT2D eigenvalue weighted by atomic mass is 10.2. The second kappa shape index (κ2) is 7.50. The Balaban J connectivity index is 0.000000211. The van der Waals surface area contributed by atoms with Gasteiger partial charge in [-0.15, -0.1) is 0 Å². The number of aryl methyl sites for hydroxylation is 1. The van der Waals surface area contributed by atoms with E-state index in [1.54, 1.807) is 31.4 Å². The van der Waals surface area contributed by atoms with Crippen molar-refractivity contribution in [3.63, 3.8) is 0 Å². The molecule has 0 bridgehead atoms. The van der Waals surface area contributed by atoms with Crippen molar-refractivity contribution in [3.8, 4) is 5.75 Å². The van der Waals surface area contributed by atoms with Crippen molar-refractivity contribution in [1.82, 2.24) is 0 Å². The Labute approximate surface area is 138 Å². The van der Waals surface area contributed by atoms with E-state index in [0.29, 0.717) is 37.9 Å². The molecule has 0 heterocycles. The number of halogens is 3. The van der Waals surface area contributed by atoms with Gasteiger partial charge in [0.2, 0.25) is 0 Å². The lowest BCUT2D eigenvalue weighted by Gasteiger charge is -2.06. The highest BCUT2D eigenvalue weighted by Crippen LogP contribution is 2.33. The van der Waals surface area contributed by atoms with Gasteiger partial charge in [-0.2, -0.15) is 0 Å². The molecule has 0 saturated heterocycles. The third kappa shape index (κ3) is 4.49. The van der Waals surface area contributed by atoms with E-state index in [1.165, 1.54) is 0 Å². The molecule has 2 aromatic rings. The van der Waals surface area contributed by atoms with Gasteiger partial charge in [0.1, 0.15) is 5.75 Å². The highest BCUT2D eigenvalue weighted by Gasteiger charge is 2.04. The lowest BCUT2D eigenvalue weighted by molar-refractivity contribution is 0.417. The monoisotopic (exact) mass is 347 g/mol. The first-order chi connectivity index (χ1) is 9.77. The summed E-state index contributed by atoms with van der Waals surface area (Å²) in [7, 11) is 1.57. The van der Waals surface area contributed by atoms with Crippen LogP contribution < -0.4 is 21.9 Å². The van der Waals surface area contributed by atoms with Crippen LogP contribution in [0.5, 0.6) is 5.75 Å². The molecule has 2 rings (SSSR count). The molecule has 21 heavy (non-hydrogen) atoms. The molecule has 0 spiro atoms. The van der Waals surface area contributed by atoms with Crippen LogP contribution in [0.4, 0.5) is 17.1 Å². The molecule has 0 aliphatic carbocycles. The van der Waals surface area contributed by atoms with Crippen molar-refractivity contribution < 1.29 is 4.74 Å². The van der Waals surface area contributed by atoms with Crippen molar-refractivity contribution >= 4 is 51.9 Å². The number of rotatable bonds is 1. The average molecular weight is 349 g/mol. The maximum absolute atomic E-state index is 5.64. The van der Waals surface area contributed by atoms with E-state index in [-0.39, 0.29) is 0 Å². The Morgan fingerprint density at radius 1 is 0.857 bits per heavy atom. The first-order valence-corrected chi connectivity index (χ1v) is 6.99. The van der Waals surface area contributed by atoms with Gasteiger partial charge in [0.15, 0.2) is 0 Å². The fourth-order valence-electron chi connectivity index (χ4n) is 1.44. The van der Waals surface area contributed by atoms with Crippen molar-refractivity contribution in [2.24, 2.45) is 0 Å². The largest absolute Gasteiger partial charge is 0.495 e. The Hall–Kier alpha value is -1.49. The third-order valence-electron chi connectivity index (χ3n) is 2.68. The van der Waals surface area contributed by atoms with Crippen molar-refractivity contribution in [1.29, 1.82) is 0 Å². The molecule has 0 aliphatic rings. The first kappa shape index (κ1) is 17.6. The Kier molecular flexibility index (Phi) is 6.27. The quantitative estimate of drug-likeness (QED) is 0.526. The van der Waals surface area contributed by atoms with Crippen LogP contribution in [0.3, 0.4) is 0 Å². The van der Waals surface area contributed by atoms with E-state index in [9.17, 15) is 0 Å². The summed E-state index contributed by atoms with van der Waals surface area (Å²) in [5.41, 5.74) is 19.4. The lowest BCUT2D eigenvalue weighted by Crippen LogP contribution is -1.96. The van der Waals surface area contributed by atoms with E-state index >= 15 is 0 Å². The number of hydrogen-bond donors (Lipinski definition) is 3. The van der Waals surface area contributed by atoms with Gasteiger partial charge in [-0.05, 0) is 30.7 Å². The summed E-state index contributed by atoms with van der Waals surface area (Å²) < 4.78 is 4.98. The van der Waals surface area contributed by atoms with Crippen LogP contribution in [-0.4, -0.2) is 7.11 Å². The van der Waals surface area contributed by atoms with Crippen LogP contribution in [0, 0.1) is 6.92 Å². The van der Waals surface area contributed by atoms with Crippen molar-refractivity contribution in [2.45, 2.75) is 6.92 Å². The van der Waals surface area contributed by atoms with Gasteiger partial charge in [-0.25, -0.2) is 0 Å². The van der Waals surface area contributed by atoms with Gasteiger partial charge in [0, 0.05) is 11.8 Å². The summed E-state index contributed by atoms with van der Waals surface area (Å²) in [5.74, 6) is 0.633. The second-order valence-corrected chi connectivity index (χ2v) is 5.38. The minimum Gasteiger partial charge on any atom is -0.495 e. The standard InChI is InChI=1S/C8H12N2O.C6H4Cl3N/c1-5-3-7(10)8(11-2)4-6(5)9;7-3-1-2-4(10)6(9)5(3)8/h3-4H,9-10H2,1-2H3;1-2H,10H2. The Morgan fingerprint density at radius 3 is 2.00 bits per heavy atom. The number of benzene rings is 2. The molecule has 114 valence electrons. The molecule has 6 N–H and O–H groups in total. The van der Waals surface area contributed by atoms with Crippen molar-refractivity contribution in [3.05, 3.63) is 44.9 Å². The third-order valence-corrected chi connectivity index (χ3v) is 3.99. The number of anilines is 3. The van der Waals surface area contributed by atoms with Gasteiger partial charge in [-0.1, -0.05) is 34.8 Å². The molecule has 4 nitrogen and oxygen atoms in total. The molecular formula is C14H16Cl3N3O. The predicted molar refractivity (Wildman–Crippen MR) is 92.4 cm³/mol. The number of hydrogen-bond acceptors (Lipinski definition) is 4. The molecular weight excluding hydrogens is 333 g/mol. The van der Waals surface area contributed by atoms with Gasteiger partial charge >= 0.3 is 0 Å². The molecule has 0 saturated carbocycles. The molecule has 0 radical (unpaired) electrons.